The van der Waals surface area contributed by atoms with E-state index in [2.05, 4.69) is 59.8 Å². The second kappa shape index (κ2) is 9.40. The zero-order chi connectivity index (χ0) is 18.2. The Morgan fingerprint density at radius 3 is 2.62 bits per heavy atom. The maximum atomic E-state index is 5.03. The van der Waals surface area contributed by atoms with E-state index < -0.39 is 0 Å². The number of guanidine groups is 1. The Labute approximate surface area is 159 Å². The van der Waals surface area contributed by atoms with Crippen LogP contribution in [0, 0.1) is 5.92 Å². The van der Waals surface area contributed by atoms with Crippen molar-refractivity contribution in [2.75, 3.05) is 39.8 Å². The van der Waals surface area contributed by atoms with E-state index in [9.17, 15) is 0 Å². The maximum absolute atomic E-state index is 5.03. The van der Waals surface area contributed by atoms with Gasteiger partial charge in [-0.15, -0.1) is 0 Å². The van der Waals surface area contributed by atoms with Gasteiger partial charge in [-0.1, -0.05) is 43.2 Å². The quantitative estimate of drug-likeness (QED) is 0.606. The normalized spacial score (nSPS) is 23.8. The van der Waals surface area contributed by atoms with Crippen LogP contribution in [0.2, 0.25) is 0 Å². The summed E-state index contributed by atoms with van der Waals surface area (Å²) < 4.78 is 0. The third-order valence-corrected chi connectivity index (χ3v) is 6.11. The topological polar surface area (TPSA) is 39.7 Å². The van der Waals surface area contributed by atoms with E-state index in [4.69, 9.17) is 4.99 Å². The molecule has 26 heavy (non-hydrogen) atoms. The Bertz CT molecular complexity index is 563. The van der Waals surface area contributed by atoms with E-state index in [-0.39, 0.29) is 5.41 Å². The summed E-state index contributed by atoms with van der Waals surface area (Å²) in [5.74, 6) is 1.72. The maximum Gasteiger partial charge on any atom is 0.191 e. The third kappa shape index (κ3) is 5.00. The molecule has 0 amide bonds. The molecule has 1 unspecified atom stereocenters. The predicted molar refractivity (Wildman–Crippen MR) is 111 cm³/mol. The van der Waals surface area contributed by atoms with Crippen molar-refractivity contribution in [1.29, 1.82) is 0 Å². The van der Waals surface area contributed by atoms with Crippen molar-refractivity contribution < 1.29 is 0 Å². The van der Waals surface area contributed by atoms with Crippen LogP contribution >= 0.6 is 0 Å². The molecule has 4 nitrogen and oxygen atoms in total. The van der Waals surface area contributed by atoms with Crippen molar-refractivity contribution in [3.05, 3.63) is 35.9 Å². The average molecular weight is 357 g/mol. The fourth-order valence-corrected chi connectivity index (χ4v) is 4.63. The van der Waals surface area contributed by atoms with E-state index in [1.54, 1.807) is 0 Å². The molecule has 2 fully saturated rings. The average Bonchev–Trinajstić information content (AvgIpc) is 3.15. The highest BCUT2D eigenvalue weighted by molar-refractivity contribution is 5.79. The monoisotopic (exact) mass is 356 g/mol. The SMILES string of the molecule is CCNC(=NCC1(c2ccccc2)CCCC1)NCC1CCCN(C)C1. The van der Waals surface area contributed by atoms with Gasteiger partial charge in [0.15, 0.2) is 5.96 Å². The smallest absolute Gasteiger partial charge is 0.191 e. The van der Waals surface area contributed by atoms with Crippen LogP contribution in [0.4, 0.5) is 0 Å². The van der Waals surface area contributed by atoms with Gasteiger partial charge in [-0.2, -0.15) is 0 Å². The molecule has 1 saturated carbocycles. The summed E-state index contributed by atoms with van der Waals surface area (Å²) in [5.41, 5.74) is 1.69. The van der Waals surface area contributed by atoms with Crippen LogP contribution in [0.3, 0.4) is 0 Å². The first kappa shape index (κ1) is 19.2. The Kier molecular flexibility index (Phi) is 6.95. The predicted octanol–water partition coefficient (Wildman–Crippen LogP) is 3.40. The number of likely N-dealkylation sites (tertiary alicyclic amines) is 1. The second-order valence-corrected chi connectivity index (χ2v) is 8.20. The van der Waals surface area contributed by atoms with Gasteiger partial charge in [0.05, 0.1) is 6.54 Å². The summed E-state index contributed by atoms with van der Waals surface area (Å²) in [6.45, 7) is 7.40. The van der Waals surface area contributed by atoms with E-state index in [0.717, 1.165) is 31.5 Å². The summed E-state index contributed by atoms with van der Waals surface area (Å²) in [4.78, 5) is 7.48. The minimum atomic E-state index is 0.231. The highest BCUT2D eigenvalue weighted by atomic mass is 15.2. The first-order valence-corrected chi connectivity index (χ1v) is 10.5. The number of aliphatic imine (C=N–C) groups is 1. The lowest BCUT2D eigenvalue weighted by atomic mass is 9.79. The molecular formula is C22H36N4. The number of hydrogen-bond donors (Lipinski definition) is 2. The van der Waals surface area contributed by atoms with Crippen LogP contribution in [0.15, 0.2) is 35.3 Å². The molecular weight excluding hydrogens is 320 g/mol. The van der Waals surface area contributed by atoms with E-state index in [1.165, 1.54) is 57.2 Å². The fraction of sp³-hybridized carbons (Fsp3) is 0.682. The molecule has 1 aromatic carbocycles. The molecule has 4 heteroatoms. The van der Waals surface area contributed by atoms with Gasteiger partial charge >= 0.3 is 0 Å². The zero-order valence-electron chi connectivity index (χ0n) is 16.6. The Hall–Kier alpha value is -1.55. The second-order valence-electron chi connectivity index (χ2n) is 8.20. The Morgan fingerprint density at radius 2 is 1.92 bits per heavy atom. The molecule has 1 saturated heterocycles. The summed E-state index contributed by atoms with van der Waals surface area (Å²) in [6.07, 6.45) is 7.80. The molecule has 1 aliphatic heterocycles. The lowest BCUT2D eigenvalue weighted by Gasteiger charge is -2.31. The summed E-state index contributed by atoms with van der Waals surface area (Å²) in [6, 6.07) is 11.0. The molecule has 0 radical (unpaired) electrons. The van der Waals surface area contributed by atoms with E-state index in [1.807, 2.05) is 0 Å². The molecule has 144 valence electrons. The van der Waals surface area contributed by atoms with Crippen LogP contribution in [0.25, 0.3) is 0 Å². The minimum absolute atomic E-state index is 0.231. The molecule has 1 atom stereocenters. The molecule has 0 spiro atoms. The molecule has 1 aromatic rings. The van der Waals surface area contributed by atoms with Crippen molar-refractivity contribution in [1.82, 2.24) is 15.5 Å². The highest BCUT2D eigenvalue weighted by Gasteiger charge is 2.35. The Balaban J connectivity index is 1.63. The summed E-state index contributed by atoms with van der Waals surface area (Å²) in [7, 11) is 2.23. The van der Waals surface area contributed by atoms with Gasteiger partial charge in [0.1, 0.15) is 0 Å². The summed E-state index contributed by atoms with van der Waals surface area (Å²) in [5, 5.41) is 7.07. The van der Waals surface area contributed by atoms with Crippen molar-refractivity contribution in [2.24, 2.45) is 10.9 Å². The number of nitrogens with one attached hydrogen (secondary N) is 2. The van der Waals surface area contributed by atoms with Gasteiger partial charge in [0.25, 0.3) is 0 Å². The molecule has 1 heterocycles. The van der Waals surface area contributed by atoms with Crippen molar-refractivity contribution in [3.63, 3.8) is 0 Å². The van der Waals surface area contributed by atoms with Crippen LogP contribution in [-0.2, 0) is 5.41 Å². The fourth-order valence-electron chi connectivity index (χ4n) is 4.63. The van der Waals surface area contributed by atoms with Crippen molar-refractivity contribution >= 4 is 5.96 Å². The van der Waals surface area contributed by atoms with Crippen molar-refractivity contribution in [3.8, 4) is 0 Å². The van der Waals surface area contributed by atoms with Gasteiger partial charge < -0.3 is 15.5 Å². The van der Waals surface area contributed by atoms with Gasteiger partial charge in [0, 0.05) is 25.0 Å². The van der Waals surface area contributed by atoms with E-state index in [0.29, 0.717) is 0 Å². The number of piperidine rings is 1. The standard InChI is InChI=1S/C22H36N4/c1-3-23-21(24-16-19-10-9-15-26(2)17-19)25-18-22(13-7-8-14-22)20-11-5-4-6-12-20/h4-6,11-12,19H,3,7-10,13-18H2,1-2H3,(H2,23,24,25). The number of rotatable bonds is 6. The van der Waals surface area contributed by atoms with Gasteiger partial charge in [-0.3, -0.25) is 4.99 Å². The molecule has 2 aliphatic rings. The van der Waals surface area contributed by atoms with Gasteiger partial charge in [-0.25, -0.2) is 0 Å². The molecule has 2 N–H and O–H groups in total. The van der Waals surface area contributed by atoms with Gasteiger partial charge in [0.2, 0.25) is 0 Å². The molecule has 0 bridgehead atoms. The highest BCUT2D eigenvalue weighted by Crippen LogP contribution is 2.41. The van der Waals surface area contributed by atoms with Crippen molar-refractivity contribution in [2.45, 2.75) is 50.9 Å². The molecule has 3 rings (SSSR count). The number of benzene rings is 1. The lowest BCUT2D eigenvalue weighted by Crippen LogP contribution is -2.44. The lowest BCUT2D eigenvalue weighted by molar-refractivity contribution is 0.210. The van der Waals surface area contributed by atoms with Crippen LogP contribution < -0.4 is 10.6 Å². The number of nitrogens with zero attached hydrogens (tertiary/aromatic N) is 2. The van der Waals surface area contributed by atoms with Crippen LogP contribution in [0.1, 0.15) is 51.0 Å². The van der Waals surface area contributed by atoms with Gasteiger partial charge in [-0.05, 0) is 57.7 Å². The minimum Gasteiger partial charge on any atom is -0.357 e. The molecule has 1 aliphatic carbocycles. The largest absolute Gasteiger partial charge is 0.357 e. The third-order valence-electron chi connectivity index (χ3n) is 6.11. The number of hydrogen-bond acceptors (Lipinski definition) is 2. The first-order chi connectivity index (χ1) is 12.7. The zero-order valence-corrected chi connectivity index (χ0v) is 16.6. The Morgan fingerprint density at radius 1 is 1.15 bits per heavy atom. The van der Waals surface area contributed by atoms with E-state index >= 15 is 0 Å². The first-order valence-electron chi connectivity index (χ1n) is 10.5. The van der Waals surface area contributed by atoms with Crippen LogP contribution in [0.5, 0.6) is 0 Å². The molecule has 0 aromatic heterocycles. The van der Waals surface area contributed by atoms with Crippen LogP contribution in [-0.4, -0.2) is 50.6 Å². The summed E-state index contributed by atoms with van der Waals surface area (Å²) >= 11 is 0.